The molecule has 31 heavy (non-hydrogen) atoms. The molecule has 4 rings (SSSR count). The molecule has 2 atom stereocenters. The highest BCUT2D eigenvalue weighted by Gasteiger charge is 2.44. The maximum absolute atomic E-state index is 13.6. The molecule has 0 radical (unpaired) electrons. The maximum atomic E-state index is 13.6. The number of hydrogen-bond acceptors (Lipinski definition) is 5. The predicted octanol–water partition coefficient (Wildman–Crippen LogP) is 5.05. The molecule has 3 heterocycles. The zero-order valence-corrected chi connectivity index (χ0v) is 19.4. The highest BCUT2D eigenvalue weighted by atomic mass is 32.1. The molecule has 2 amide bonds. The molecule has 0 saturated carbocycles. The van der Waals surface area contributed by atoms with E-state index in [1.807, 2.05) is 29.6 Å². The highest BCUT2D eigenvalue weighted by Crippen LogP contribution is 2.38. The molecule has 2 aliphatic rings. The normalized spacial score (nSPS) is 22.1. The van der Waals surface area contributed by atoms with Gasteiger partial charge in [-0.2, -0.15) is 0 Å². The fourth-order valence-corrected chi connectivity index (χ4v) is 5.25. The van der Waals surface area contributed by atoms with Crippen LogP contribution in [0, 0.1) is 17.8 Å². The molecular formula is C25H30N2O3S. The summed E-state index contributed by atoms with van der Waals surface area (Å²) in [5.74, 6) is 1.65. The first kappa shape index (κ1) is 21.6. The SMILES string of the molecule is CC(C)COc1ccc(N2C(=O)C(c3cccs3)=C(N3CC(C)CC(C)C3)C2=O)cc1. The second-order valence-electron chi connectivity index (χ2n) is 9.20. The van der Waals surface area contributed by atoms with Crippen LogP contribution in [0.4, 0.5) is 5.69 Å². The number of carbonyl (C=O) groups is 2. The molecule has 0 aliphatic carbocycles. The van der Waals surface area contributed by atoms with Gasteiger partial charge in [-0.05, 0) is 59.9 Å². The number of anilines is 1. The van der Waals surface area contributed by atoms with Gasteiger partial charge < -0.3 is 9.64 Å². The summed E-state index contributed by atoms with van der Waals surface area (Å²) in [5, 5.41) is 1.95. The van der Waals surface area contributed by atoms with Gasteiger partial charge in [-0.1, -0.05) is 33.8 Å². The molecule has 2 aromatic rings. The minimum atomic E-state index is -0.246. The van der Waals surface area contributed by atoms with E-state index >= 15 is 0 Å². The summed E-state index contributed by atoms with van der Waals surface area (Å²) in [7, 11) is 0. The average molecular weight is 439 g/mol. The molecule has 0 spiro atoms. The van der Waals surface area contributed by atoms with Crippen LogP contribution >= 0.6 is 11.3 Å². The van der Waals surface area contributed by atoms with E-state index in [1.54, 1.807) is 12.1 Å². The van der Waals surface area contributed by atoms with Crippen molar-refractivity contribution in [3.05, 3.63) is 52.4 Å². The topological polar surface area (TPSA) is 49.9 Å². The number of carbonyl (C=O) groups excluding carboxylic acids is 2. The molecule has 5 nitrogen and oxygen atoms in total. The van der Waals surface area contributed by atoms with Gasteiger partial charge in [0.1, 0.15) is 11.4 Å². The number of piperidine rings is 1. The van der Waals surface area contributed by atoms with Crippen LogP contribution in [0.2, 0.25) is 0 Å². The largest absolute Gasteiger partial charge is 0.493 e. The third kappa shape index (κ3) is 4.40. The lowest BCUT2D eigenvalue weighted by atomic mass is 9.91. The summed E-state index contributed by atoms with van der Waals surface area (Å²) >= 11 is 1.50. The Morgan fingerprint density at radius 1 is 1.03 bits per heavy atom. The van der Waals surface area contributed by atoms with Gasteiger partial charge in [-0.3, -0.25) is 9.59 Å². The van der Waals surface area contributed by atoms with E-state index < -0.39 is 0 Å². The van der Waals surface area contributed by atoms with Crippen LogP contribution in [-0.4, -0.2) is 36.4 Å². The molecule has 1 fully saturated rings. The molecule has 1 saturated heterocycles. The fourth-order valence-electron chi connectivity index (χ4n) is 4.49. The standard InChI is InChI=1S/C25H30N2O3S/c1-16(2)15-30-20-9-7-19(8-10-20)27-24(28)22(21-6-5-11-31-21)23(25(27)29)26-13-17(3)12-18(4)14-26/h5-11,16-18H,12-15H2,1-4H3. The van der Waals surface area contributed by atoms with Crippen molar-refractivity contribution < 1.29 is 14.3 Å². The van der Waals surface area contributed by atoms with Crippen LogP contribution in [0.1, 0.15) is 39.0 Å². The first-order valence-electron chi connectivity index (χ1n) is 11.0. The van der Waals surface area contributed by atoms with Crippen molar-refractivity contribution in [1.29, 1.82) is 0 Å². The Kier molecular flexibility index (Phi) is 6.19. The monoisotopic (exact) mass is 438 g/mol. The summed E-state index contributed by atoms with van der Waals surface area (Å²) < 4.78 is 5.75. The highest BCUT2D eigenvalue weighted by molar-refractivity contribution is 7.11. The second kappa shape index (κ2) is 8.87. The van der Waals surface area contributed by atoms with Crippen molar-refractivity contribution in [3.63, 3.8) is 0 Å². The minimum absolute atomic E-state index is 0.231. The van der Waals surface area contributed by atoms with E-state index in [1.165, 1.54) is 16.2 Å². The number of thiophene rings is 1. The van der Waals surface area contributed by atoms with E-state index in [4.69, 9.17) is 4.74 Å². The molecule has 2 aliphatic heterocycles. The smallest absolute Gasteiger partial charge is 0.282 e. The van der Waals surface area contributed by atoms with Crippen LogP contribution in [0.25, 0.3) is 5.57 Å². The Morgan fingerprint density at radius 2 is 1.71 bits per heavy atom. The molecule has 0 N–H and O–H groups in total. The lowest BCUT2D eigenvalue weighted by Gasteiger charge is -2.37. The number of rotatable bonds is 6. The van der Waals surface area contributed by atoms with Crippen LogP contribution in [0.15, 0.2) is 47.5 Å². The van der Waals surface area contributed by atoms with Crippen molar-refractivity contribution in [2.75, 3.05) is 24.6 Å². The molecule has 2 unspecified atom stereocenters. The van der Waals surface area contributed by atoms with Gasteiger partial charge in [0, 0.05) is 18.0 Å². The van der Waals surface area contributed by atoms with Gasteiger partial charge in [-0.25, -0.2) is 4.90 Å². The molecule has 1 aromatic heterocycles. The number of likely N-dealkylation sites (tertiary alicyclic amines) is 1. The maximum Gasteiger partial charge on any atom is 0.282 e. The van der Waals surface area contributed by atoms with Crippen molar-refractivity contribution in [3.8, 4) is 5.75 Å². The lowest BCUT2D eigenvalue weighted by Crippen LogP contribution is -2.42. The summed E-state index contributed by atoms with van der Waals surface area (Å²) in [6.07, 6.45) is 1.14. The van der Waals surface area contributed by atoms with E-state index in [0.717, 1.165) is 30.1 Å². The minimum Gasteiger partial charge on any atom is -0.493 e. The Bertz CT molecular complexity index is 969. The molecular weight excluding hydrogens is 408 g/mol. The van der Waals surface area contributed by atoms with Crippen molar-refractivity contribution in [2.45, 2.75) is 34.1 Å². The summed E-state index contributed by atoms with van der Waals surface area (Å²) in [6, 6.07) is 11.1. The van der Waals surface area contributed by atoms with Crippen molar-refractivity contribution >= 4 is 34.4 Å². The lowest BCUT2D eigenvalue weighted by molar-refractivity contribution is -0.120. The third-order valence-electron chi connectivity index (χ3n) is 5.69. The van der Waals surface area contributed by atoms with Gasteiger partial charge >= 0.3 is 0 Å². The number of hydrogen-bond donors (Lipinski definition) is 0. The molecule has 6 heteroatoms. The number of ether oxygens (including phenoxy) is 1. The van der Waals surface area contributed by atoms with E-state index in [-0.39, 0.29) is 11.8 Å². The van der Waals surface area contributed by atoms with Gasteiger partial charge in [-0.15, -0.1) is 11.3 Å². The molecule has 164 valence electrons. The first-order chi connectivity index (χ1) is 14.8. The van der Waals surface area contributed by atoms with Crippen LogP contribution in [0.3, 0.4) is 0 Å². The summed E-state index contributed by atoms with van der Waals surface area (Å²) in [5.41, 5.74) is 1.65. The predicted molar refractivity (Wildman–Crippen MR) is 125 cm³/mol. The summed E-state index contributed by atoms with van der Waals surface area (Å²) in [4.78, 5) is 31.4. The van der Waals surface area contributed by atoms with Gasteiger partial charge in [0.05, 0.1) is 17.9 Å². The van der Waals surface area contributed by atoms with E-state index in [9.17, 15) is 9.59 Å². The third-order valence-corrected chi connectivity index (χ3v) is 6.58. The van der Waals surface area contributed by atoms with Crippen LogP contribution in [-0.2, 0) is 9.59 Å². The quantitative estimate of drug-likeness (QED) is 0.593. The average Bonchev–Trinajstić information content (AvgIpc) is 3.32. The number of benzene rings is 1. The van der Waals surface area contributed by atoms with Crippen LogP contribution < -0.4 is 9.64 Å². The Labute approximate surface area is 188 Å². The fraction of sp³-hybridized carbons (Fsp3) is 0.440. The summed E-state index contributed by atoms with van der Waals surface area (Å²) in [6.45, 7) is 10.8. The Balaban J connectivity index is 1.67. The van der Waals surface area contributed by atoms with E-state index in [0.29, 0.717) is 41.3 Å². The Morgan fingerprint density at radius 3 is 2.29 bits per heavy atom. The van der Waals surface area contributed by atoms with Crippen LogP contribution in [0.5, 0.6) is 5.75 Å². The second-order valence-corrected chi connectivity index (χ2v) is 10.1. The van der Waals surface area contributed by atoms with Gasteiger partial charge in [0.25, 0.3) is 11.8 Å². The van der Waals surface area contributed by atoms with E-state index in [2.05, 4.69) is 32.6 Å². The zero-order chi connectivity index (χ0) is 22.1. The van der Waals surface area contributed by atoms with Gasteiger partial charge in [0.15, 0.2) is 0 Å². The van der Waals surface area contributed by atoms with Crippen molar-refractivity contribution in [2.24, 2.45) is 17.8 Å². The number of amides is 2. The van der Waals surface area contributed by atoms with Crippen molar-refractivity contribution in [1.82, 2.24) is 4.90 Å². The first-order valence-corrected chi connectivity index (χ1v) is 11.9. The zero-order valence-electron chi connectivity index (χ0n) is 18.6. The molecule has 0 bridgehead atoms. The molecule has 1 aromatic carbocycles. The Hall–Kier alpha value is -2.60. The number of imide groups is 1. The number of nitrogens with zero attached hydrogens (tertiary/aromatic N) is 2. The van der Waals surface area contributed by atoms with Gasteiger partial charge in [0.2, 0.25) is 0 Å².